The minimum absolute atomic E-state index is 0.699. The maximum Gasteiger partial charge on any atom is 0.119 e. The van der Waals surface area contributed by atoms with Crippen molar-refractivity contribution in [2.75, 3.05) is 6.61 Å². The summed E-state index contributed by atoms with van der Waals surface area (Å²) in [5.41, 5.74) is 2.23. The number of ether oxygens (including phenoxy) is 1. The molecule has 124 valence electrons. The lowest BCUT2D eigenvalue weighted by Gasteiger charge is -2.08. The molecule has 2 heterocycles. The molecule has 0 amide bonds. The van der Waals surface area contributed by atoms with Crippen molar-refractivity contribution in [3.05, 3.63) is 85.5 Å². The van der Waals surface area contributed by atoms with E-state index in [4.69, 9.17) is 4.74 Å². The molecule has 0 aliphatic heterocycles. The van der Waals surface area contributed by atoms with Gasteiger partial charge in [-0.15, -0.1) is 0 Å². The average molecular weight is 328 g/mol. The second-order valence-corrected chi connectivity index (χ2v) is 6.10. The van der Waals surface area contributed by atoms with Crippen LogP contribution in [0.25, 0.3) is 21.9 Å². The van der Waals surface area contributed by atoms with Crippen LogP contribution >= 0.6 is 0 Å². The van der Waals surface area contributed by atoms with Gasteiger partial charge in [0.15, 0.2) is 0 Å². The van der Waals surface area contributed by atoms with E-state index >= 15 is 0 Å². The Hall–Kier alpha value is -3.07. The zero-order valence-electron chi connectivity index (χ0n) is 14.0. The Bertz CT molecular complexity index is 927. The summed E-state index contributed by atoms with van der Waals surface area (Å²) in [7, 11) is 0. The molecule has 0 fully saturated rings. The minimum atomic E-state index is 0.699. The van der Waals surface area contributed by atoms with E-state index in [0.717, 1.165) is 29.8 Å². The largest absolute Gasteiger partial charge is 0.494 e. The van der Waals surface area contributed by atoms with Crippen molar-refractivity contribution in [3.63, 3.8) is 0 Å². The number of aryl methyl sites for hydroxylation is 1. The Morgan fingerprint density at radius 3 is 2.40 bits per heavy atom. The van der Waals surface area contributed by atoms with Gasteiger partial charge in [-0.05, 0) is 41.0 Å². The van der Waals surface area contributed by atoms with Gasteiger partial charge >= 0.3 is 0 Å². The van der Waals surface area contributed by atoms with Crippen molar-refractivity contribution in [2.45, 2.75) is 13.0 Å². The van der Waals surface area contributed by atoms with Crippen LogP contribution in [0.2, 0.25) is 0 Å². The molecule has 4 aromatic rings. The maximum absolute atomic E-state index is 5.93. The summed E-state index contributed by atoms with van der Waals surface area (Å²) in [6, 6.07) is 20.6. The van der Waals surface area contributed by atoms with Crippen molar-refractivity contribution in [2.24, 2.45) is 0 Å². The smallest absolute Gasteiger partial charge is 0.119 e. The lowest BCUT2D eigenvalue weighted by molar-refractivity contribution is 0.302. The van der Waals surface area contributed by atoms with Crippen molar-refractivity contribution in [1.82, 2.24) is 9.55 Å². The zero-order valence-corrected chi connectivity index (χ0v) is 14.0. The standard InChI is InChI=1S/C22H20N2O/c1-2-7-21-17-24(16-20(21)6-1)12-5-13-25-22-10-3-8-18(14-22)19-9-4-11-23-15-19/h1-4,6-11,14-17H,5,12-13H2. The van der Waals surface area contributed by atoms with Gasteiger partial charge in [0.05, 0.1) is 6.61 Å². The van der Waals surface area contributed by atoms with E-state index in [9.17, 15) is 0 Å². The fourth-order valence-corrected chi connectivity index (χ4v) is 3.01. The molecular weight excluding hydrogens is 308 g/mol. The summed E-state index contributed by atoms with van der Waals surface area (Å²) >= 11 is 0. The fourth-order valence-electron chi connectivity index (χ4n) is 3.01. The van der Waals surface area contributed by atoms with Crippen LogP contribution < -0.4 is 4.74 Å². The summed E-state index contributed by atoms with van der Waals surface area (Å²) in [6.07, 6.45) is 9.01. The van der Waals surface area contributed by atoms with Crippen LogP contribution in [-0.2, 0) is 6.54 Å². The number of aromatic nitrogens is 2. The van der Waals surface area contributed by atoms with Gasteiger partial charge in [0, 0.05) is 36.9 Å². The molecule has 0 spiro atoms. The predicted octanol–water partition coefficient (Wildman–Crippen LogP) is 5.17. The SMILES string of the molecule is c1cncc(-c2cccc(OCCCn3cc4ccccc4c3)c2)c1. The molecule has 25 heavy (non-hydrogen) atoms. The third kappa shape index (κ3) is 3.72. The van der Waals surface area contributed by atoms with E-state index in [1.54, 1.807) is 6.20 Å². The zero-order chi connectivity index (χ0) is 16.9. The number of fused-ring (bicyclic) bond motifs is 1. The normalized spacial score (nSPS) is 10.9. The first-order valence-corrected chi connectivity index (χ1v) is 8.56. The van der Waals surface area contributed by atoms with E-state index in [1.165, 1.54) is 10.8 Å². The first-order chi connectivity index (χ1) is 12.4. The number of hydrogen-bond acceptors (Lipinski definition) is 2. The van der Waals surface area contributed by atoms with Crippen LogP contribution in [0.15, 0.2) is 85.5 Å². The molecule has 2 aromatic carbocycles. The van der Waals surface area contributed by atoms with Crippen LogP contribution in [0.4, 0.5) is 0 Å². The molecule has 3 heteroatoms. The Morgan fingerprint density at radius 1 is 0.840 bits per heavy atom. The predicted molar refractivity (Wildman–Crippen MR) is 102 cm³/mol. The van der Waals surface area contributed by atoms with Crippen LogP contribution in [-0.4, -0.2) is 16.2 Å². The Balaban J connectivity index is 1.34. The van der Waals surface area contributed by atoms with Crippen LogP contribution in [0, 0.1) is 0 Å². The van der Waals surface area contributed by atoms with Crippen LogP contribution in [0.3, 0.4) is 0 Å². The van der Waals surface area contributed by atoms with E-state index in [2.05, 4.69) is 64.4 Å². The lowest BCUT2D eigenvalue weighted by Crippen LogP contribution is -2.03. The Labute approximate surface area is 147 Å². The number of hydrogen-bond donors (Lipinski definition) is 0. The molecule has 0 saturated carbocycles. The molecule has 0 unspecified atom stereocenters. The van der Waals surface area contributed by atoms with Crippen molar-refractivity contribution < 1.29 is 4.74 Å². The highest BCUT2D eigenvalue weighted by Crippen LogP contribution is 2.23. The molecule has 2 aromatic heterocycles. The van der Waals surface area contributed by atoms with Gasteiger partial charge in [0.1, 0.15) is 5.75 Å². The van der Waals surface area contributed by atoms with E-state index in [-0.39, 0.29) is 0 Å². The average Bonchev–Trinajstić information content (AvgIpc) is 3.09. The van der Waals surface area contributed by atoms with Crippen molar-refractivity contribution >= 4 is 10.8 Å². The Morgan fingerprint density at radius 2 is 1.64 bits per heavy atom. The van der Waals surface area contributed by atoms with Gasteiger partial charge in [-0.3, -0.25) is 4.98 Å². The molecule has 0 aliphatic rings. The molecule has 4 rings (SSSR count). The third-order valence-corrected chi connectivity index (χ3v) is 4.26. The van der Waals surface area contributed by atoms with Gasteiger partial charge in [-0.25, -0.2) is 0 Å². The highest BCUT2D eigenvalue weighted by atomic mass is 16.5. The second-order valence-electron chi connectivity index (χ2n) is 6.10. The molecular formula is C22H20N2O. The van der Waals surface area contributed by atoms with E-state index in [0.29, 0.717) is 6.61 Å². The van der Waals surface area contributed by atoms with Gasteiger partial charge in [-0.1, -0.05) is 42.5 Å². The summed E-state index contributed by atoms with van der Waals surface area (Å²) in [5, 5.41) is 2.57. The molecule has 0 radical (unpaired) electrons. The maximum atomic E-state index is 5.93. The fraction of sp³-hybridized carbons (Fsp3) is 0.136. The lowest BCUT2D eigenvalue weighted by atomic mass is 10.1. The van der Waals surface area contributed by atoms with Gasteiger partial charge in [0.25, 0.3) is 0 Å². The first-order valence-electron chi connectivity index (χ1n) is 8.56. The number of rotatable bonds is 6. The van der Waals surface area contributed by atoms with Crippen molar-refractivity contribution in [3.8, 4) is 16.9 Å². The molecule has 0 atom stereocenters. The molecule has 0 saturated heterocycles. The summed E-state index contributed by atoms with van der Waals surface area (Å²) in [5.74, 6) is 0.902. The Kier molecular flexibility index (Phi) is 4.46. The highest BCUT2D eigenvalue weighted by Gasteiger charge is 2.01. The highest BCUT2D eigenvalue weighted by molar-refractivity contribution is 5.82. The van der Waals surface area contributed by atoms with E-state index < -0.39 is 0 Å². The summed E-state index contributed by atoms with van der Waals surface area (Å²) in [4.78, 5) is 4.17. The number of benzene rings is 2. The third-order valence-electron chi connectivity index (χ3n) is 4.26. The molecule has 3 nitrogen and oxygen atoms in total. The monoisotopic (exact) mass is 328 g/mol. The summed E-state index contributed by atoms with van der Waals surface area (Å²) in [6.45, 7) is 1.65. The number of nitrogens with zero attached hydrogens (tertiary/aromatic N) is 2. The first kappa shape index (κ1) is 15.5. The minimum Gasteiger partial charge on any atom is -0.494 e. The summed E-state index contributed by atoms with van der Waals surface area (Å²) < 4.78 is 8.17. The van der Waals surface area contributed by atoms with Gasteiger partial charge in [-0.2, -0.15) is 0 Å². The molecule has 0 N–H and O–H groups in total. The van der Waals surface area contributed by atoms with E-state index in [1.807, 2.05) is 24.4 Å². The topological polar surface area (TPSA) is 27.1 Å². The van der Waals surface area contributed by atoms with Crippen molar-refractivity contribution in [1.29, 1.82) is 0 Å². The van der Waals surface area contributed by atoms with Crippen LogP contribution in [0.5, 0.6) is 5.75 Å². The molecule has 0 aliphatic carbocycles. The van der Waals surface area contributed by atoms with Gasteiger partial charge in [0.2, 0.25) is 0 Å². The second kappa shape index (κ2) is 7.22. The van der Waals surface area contributed by atoms with Crippen LogP contribution in [0.1, 0.15) is 6.42 Å². The van der Waals surface area contributed by atoms with Gasteiger partial charge < -0.3 is 9.30 Å². The number of pyridine rings is 1. The molecule has 0 bridgehead atoms. The quantitative estimate of drug-likeness (QED) is 0.456.